The zero-order valence-corrected chi connectivity index (χ0v) is 36.0. The topological polar surface area (TPSA) is 0 Å². The van der Waals surface area contributed by atoms with Crippen LogP contribution in [-0.2, 0) is 32.0 Å². The molecular weight excluding hydrogens is 686 g/mol. The van der Waals surface area contributed by atoms with E-state index in [9.17, 15) is 0 Å². The molecule has 3 heteroatoms. The molecule has 268 valence electrons. The molecular formula is C48H62P2Ti. The fraction of sp³-hybridized carbons (Fsp3) is 0.417. The molecule has 0 amide bonds. The number of hydrogen-bond acceptors (Lipinski definition) is 0. The third-order valence-electron chi connectivity index (χ3n) is 11.4. The first-order chi connectivity index (χ1) is 24.8. The Balaban J connectivity index is 0.000000299. The predicted molar refractivity (Wildman–Crippen MR) is 227 cm³/mol. The monoisotopic (exact) mass is 748 g/mol. The summed E-state index contributed by atoms with van der Waals surface area (Å²) in [4.78, 5) is 0. The molecule has 2 aliphatic carbocycles. The van der Waals surface area contributed by atoms with Gasteiger partial charge in [0.2, 0.25) is 0 Å². The molecule has 0 radical (unpaired) electrons. The Labute approximate surface area is 323 Å². The van der Waals surface area contributed by atoms with Gasteiger partial charge in [-0.05, 0) is 24.0 Å². The van der Waals surface area contributed by atoms with E-state index >= 15 is 0 Å². The van der Waals surface area contributed by atoms with Gasteiger partial charge in [0.1, 0.15) is 0 Å². The maximum absolute atomic E-state index is 2.67. The van der Waals surface area contributed by atoms with Crippen LogP contribution in [0.1, 0.15) is 123 Å². The molecule has 0 aliphatic heterocycles. The molecule has 0 fully saturated rings. The standard InChI is InChI=1S/2C17H24P.C14H14.Ti/c2*1-5-13(3)18(14(4)6-2)17-11-15-9-7-8-10-16(15)12-17;1-3-7-13(8-4-1)11-12-14-9-5-2-6-10-14;/h2*7-14H,5-6H2,1-4H3;1-10H,11-12H2;. The van der Waals surface area contributed by atoms with E-state index in [1.165, 1.54) is 47.9 Å². The van der Waals surface area contributed by atoms with Crippen LogP contribution in [0.4, 0.5) is 0 Å². The van der Waals surface area contributed by atoms with E-state index in [0.29, 0.717) is 8.45 Å². The first-order valence-corrected chi connectivity index (χ1v) is 24.6. The molecule has 0 nitrogen and oxygen atoms in total. The summed E-state index contributed by atoms with van der Waals surface area (Å²) in [7, 11) is -0.280. The summed E-state index contributed by atoms with van der Waals surface area (Å²) in [6, 6.07) is 40.1. The van der Waals surface area contributed by atoms with Crippen LogP contribution in [0.2, 0.25) is 0 Å². The summed E-state index contributed by atoms with van der Waals surface area (Å²) in [6.45, 7) is 19.8. The number of allylic oxidation sites excluding steroid dienone is 2. The van der Waals surface area contributed by atoms with E-state index in [0.717, 1.165) is 35.5 Å². The van der Waals surface area contributed by atoms with Gasteiger partial charge in [0.15, 0.2) is 0 Å². The van der Waals surface area contributed by atoms with Gasteiger partial charge in [0.05, 0.1) is 0 Å². The van der Waals surface area contributed by atoms with Gasteiger partial charge < -0.3 is 0 Å². The van der Waals surface area contributed by atoms with Crippen LogP contribution in [0.15, 0.2) is 120 Å². The average molecular weight is 749 g/mol. The molecule has 2 aliphatic rings. The summed E-state index contributed by atoms with van der Waals surface area (Å²) in [5.74, 6) is 0. The van der Waals surface area contributed by atoms with Crippen molar-refractivity contribution in [2.45, 2.75) is 125 Å². The number of hydrogen-bond donors (Lipinski definition) is 0. The Morgan fingerprint density at radius 2 is 0.765 bits per heavy atom. The van der Waals surface area contributed by atoms with E-state index in [4.69, 9.17) is 0 Å². The molecule has 4 aromatic rings. The molecule has 4 aromatic carbocycles. The molecule has 51 heavy (non-hydrogen) atoms. The summed E-state index contributed by atoms with van der Waals surface area (Å²) >= 11 is -0.323. The van der Waals surface area contributed by atoms with Crippen molar-refractivity contribution in [3.63, 3.8) is 0 Å². The van der Waals surface area contributed by atoms with Crippen LogP contribution >= 0.6 is 15.8 Å². The van der Waals surface area contributed by atoms with Crippen LogP contribution in [0.25, 0.3) is 12.2 Å². The van der Waals surface area contributed by atoms with Gasteiger partial charge in [-0.15, -0.1) is 0 Å². The second-order valence-electron chi connectivity index (χ2n) is 14.7. The molecule has 6 unspecified atom stereocenters. The largest absolute Gasteiger partial charge is 0.0622 e. The molecule has 0 heterocycles. The van der Waals surface area contributed by atoms with Crippen LogP contribution < -0.4 is 0 Å². The Bertz CT molecular complexity index is 1560. The maximum Gasteiger partial charge on any atom is -0.0238 e. The van der Waals surface area contributed by atoms with Crippen molar-refractivity contribution < 1.29 is 19.2 Å². The third-order valence-corrected chi connectivity index (χ3v) is 22.4. The summed E-state index contributed by atoms with van der Waals surface area (Å²) in [5.41, 5.74) is 12.3. The summed E-state index contributed by atoms with van der Waals surface area (Å²) in [6.07, 6.45) is 12.8. The van der Waals surface area contributed by atoms with Gasteiger partial charge >= 0.3 is 241 Å². The number of benzene rings is 4. The van der Waals surface area contributed by atoms with Crippen molar-refractivity contribution in [1.82, 2.24) is 0 Å². The van der Waals surface area contributed by atoms with Crippen molar-refractivity contribution in [3.8, 4) is 0 Å². The van der Waals surface area contributed by atoms with E-state index in [1.54, 1.807) is 11.1 Å². The number of rotatable bonds is 15. The first-order valence-electron chi connectivity index (χ1n) is 19.8. The van der Waals surface area contributed by atoms with Crippen molar-refractivity contribution in [2.75, 3.05) is 0 Å². The SMILES string of the molecule is CCC(C)P(C1=Cc2ccccc2[CH]1[Ti][CH]1C(P(C(C)CC)C(C)CC)=Cc2ccccc21)C(C)CC.c1ccc(CCc2ccccc2)cc1. The molecule has 0 bridgehead atoms. The predicted octanol–water partition coefficient (Wildman–Crippen LogP) is 14.9. The average Bonchev–Trinajstić information content (AvgIpc) is 3.72. The maximum atomic E-state index is 2.67. The Morgan fingerprint density at radius 1 is 0.451 bits per heavy atom. The van der Waals surface area contributed by atoms with Crippen LogP contribution in [-0.4, -0.2) is 22.6 Å². The van der Waals surface area contributed by atoms with Crippen LogP contribution in [0.3, 0.4) is 0 Å². The zero-order chi connectivity index (χ0) is 36.3. The van der Waals surface area contributed by atoms with Gasteiger partial charge in [-0.2, -0.15) is 0 Å². The first kappa shape index (κ1) is 40.1. The van der Waals surface area contributed by atoms with E-state index < -0.39 is 0 Å². The van der Waals surface area contributed by atoms with Crippen molar-refractivity contribution in [1.29, 1.82) is 0 Å². The smallest absolute Gasteiger partial charge is 0.0238 e. The van der Waals surface area contributed by atoms with Gasteiger partial charge in [-0.1, -0.05) is 60.7 Å². The third kappa shape index (κ3) is 9.93. The zero-order valence-electron chi connectivity index (χ0n) is 32.6. The summed E-state index contributed by atoms with van der Waals surface area (Å²) < 4.78 is 1.35. The van der Waals surface area contributed by atoms with Gasteiger partial charge in [0.25, 0.3) is 0 Å². The van der Waals surface area contributed by atoms with E-state index in [1.807, 2.05) is 10.6 Å². The van der Waals surface area contributed by atoms with E-state index in [2.05, 4.69) is 177 Å². The fourth-order valence-electron chi connectivity index (χ4n) is 7.83. The minimum Gasteiger partial charge on any atom is -0.0622 e. The van der Waals surface area contributed by atoms with Gasteiger partial charge in [-0.3, -0.25) is 0 Å². The molecule has 0 saturated heterocycles. The van der Waals surface area contributed by atoms with Crippen LogP contribution in [0.5, 0.6) is 0 Å². The number of aryl methyl sites for hydroxylation is 2. The molecule has 0 N–H and O–H groups in total. The van der Waals surface area contributed by atoms with Crippen molar-refractivity contribution in [3.05, 3.63) is 153 Å². The Morgan fingerprint density at radius 3 is 1.10 bits per heavy atom. The minimum atomic E-state index is -0.323. The second-order valence-corrected chi connectivity index (χ2v) is 23.3. The molecule has 6 atom stereocenters. The Kier molecular flexibility index (Phi) is 15.6. The van der Waals surface area contributed by atoms with E-state index in [-0.39, 0.29) is 35.0 Å². The fourth-order valence-corrected chi connectivity index (χ4v) is 19.3. The van der Waals surface area contributed by atoms with Gasteiger partial charge in [0, 0.05) is 0 Å². The number of fused-ring (bicyclic) bond motifs is 2. The second kappa shape index (κ2) is 19.9. The molecule has 0 aromatic heterocycles. The Hall–Kier alpha value is -2.07. The molecule has 0 saturated carbocycles. The molecule has 6 rings (SSSR count). The molecule has 0 spiro atoms. The normalized spacial score (nSPS) is 19.6. The quantitative estimate of drug-likeness (QED) is 0.0839. The van der Waals surface area contributed by atoms with Crippen molar-refractivity contribution >= 4 is 28.0 Å². The van der Waals surface area contributed by atoms with Crippen LogP contribution in [0, 0.1) is 0 Å². The van der Waals surface area contributed by atoms with Gasteiger partial charge in [-0.25, -0.2) is 0 Å². The minimum absolute atomic E-state index is 0.140. The van der Waals surface area contributed by atoms with Crippen molar-refractivity contribution in [2.24, 2.45) is 0 Å². The summed E-state index contributed by atoms with van der Waals surface area (Å²) in [5, 5.41) is 3.69.